The first-order chi connectivity index (χ1) is 7.62. The van der Waals surface area contributed by atoms with Gasteiger partial charge in [0.1, 0.15) is 5.60 Å². The van der Waals surface area contributed by atoms with E-state index in [1.807, 2.05) is 0 Å². The number of methoxy groups -OCH3 is 1. The van der Waals surface area contributed by atoms with Crippen molar-refractivity contribution in [2.45, 2.75) is 44.6 Å². The molecule has 92 valence electrons. The second kappa shape index (κ2) is 5.72. The van der Waals surface area contributed by atoms with E-state index in [-0.39, 0.29) is 19.0 Å². The molecule has 0 amide bonds. The van der Waals surface area contributed by atoms with Gasteiger partial charge in [-0.15, -0.1) is 0 Å². The maximum Gasteiger partial charge on any atom is 0.508 e. The highest BCUT2D eigenvalue weighted by Crippen LogP contribution is 2.36. The molecule has 0 heterocycles. The van der Waals surface area contributed by atoms with Gasteiger partial charge in [0, 0.05) is 0 Å². The number of carbonyl (C=O) groups excluding carboxylic acids is 2. The summed E-state index contributed by atoms with van der Waals surface area (Å²) in [6.45, 7) is 1.98. The molecule has 0 saturated heterocycles. The number of hydrogen-bond acceptors (Lipinski definition) is 5. The van der Waals surface area contributed by atoms with Gasteiger partial charge in [-0.05, 0) is 32.6 Å². The summed E-state index contributed by atoms with van der Waals surface area (Å²) in [6, 6.07) is 0. The van der Waals surface area contributed by atoms with E-state index in [1.54, 1.807) is 6.92 Å². The Morgan fingerprint density at radius 2 is 1.88 bits per heavy atom. The zero-order chi connectivity index (χ0) is 12.0. The lowest BCUT2D eigenvalue weighted by molar-refractivity contribution is -0.146. The van der Waals surface area contributed by atoms with Crippen LogP contribution in [-0.4, -0.2) is 31.4 Å². The Morgan fingerprint density at radius 1 is 1.25 bits per heavy atom. The quantitative estimate of drug-likeness (QED) is 0.691. The lowest BCUT2D eigenvalue weighted by atomic mass is 9.98. The number of hydrogen-bond donors (Lipinski definition) is 0. The molecule has 1 saturated carbocycles. The van der Waals surface area contributed by atoms with Crippen molar-refractivity contribution in [1.82, 2.24) is 0 Å². The average molecular weight is 230 g/mol. The molecule has 1 aliphatic carbocycles. The highest BCUT2D eigenvalue weighted by atomic mass is 16.7. The summed E-state index contributed by atoms with van der Waals surface area (Å²) in [6.07, 6.45) is 2.71. The number of esters is 1. The summed E-state index contributed by atoms with van der Waals surface area (Å²) in [5.74, 6) is -0.355. The maximum absolute atomic E-state index is 11.3. The molecule has 0 aliphatic heterocycles. The minimum Gasteiger partial charge on any atom is -0.469 e. The molecule has 0 bridgehead atoms. The monoisotopic (exact) mass is 230 g/mol. The molecule has 1 fully saturated rings. The largest absolute Gasteiger partial charge is 0.508 e. The van der Waals surface area contributed by atoms with Gasteiger partial charge in [-0.3, -0.25) is 4.79 Å². The van der Waals surface area contributed by atoms with Crippen LogP contribution in [0.4, 0.5) is 4.79 Å². The molecule has 0 aromatic carbocycles. The SMILES string of the molecule is CCOC(=O)OC1(CC(=O)OC)CCCC1. The van der Waals surface area contributed by atoms with E-state index in [9.17, 15) is 9.59 Å². The molecule has 0 N–H and O–H groups in total. The normalized spacial score (nSPS) is 17.9. The van der Waals surface area contributed by atoms with Crippen LogP contribution in [0.1, 0.15) is 39.0 Å². The van der Waals surface area contributed by atoms with Crippen molar-refractivity contribution >= 4 is 12.1 Å². The molecule has 1 rings (SSSR count). The van der Waals surface area contributed by atoms with Crippen molar-refractivity contribution in [2.24, 2.45) is 0 Å². The number of ether oxygens (including phenoxy) is 3. The van der Waals surface area contributed by atoms with Crippen LogP contribution in [0.3, 0.4) is 0 Å². The lowest BCUT2D eigenvalue weighted by Gasteiger charge is -2.27. The third kappa shape index (κ3) is 3.40. The van der Waals surface area contributed by atoms with Crippen LogP contribution in [0, 0.1) is 0 Å². The minimum absolute atomic E-state index is 0.113. The van der Waals surface area contributed by atoms with Crippen LogP contribution < -0.4 is 0 Å². The third-order valence-corrected chi connectivity index (χ3v) is 2.77. The van der Waals surface area contributed by atoms with Crippen LogP contribution >= 0.6 is 0 Å². The lowest BCUT2D eigenvalue weighted by Crippen LogP contribution is -2.35. The van der Waals surface area contributed by atoms with Crippen molar-refractivity contribution in [1.29, 1.82) is 0 Å². The first-order valence-electron chi connectivity index (χ1n) is 5.54. The highest BCUT2D eigenvalue weighted by Gasteiger charge is 2.40. The first kappa shape index (κ1) is 12.8. The second-order valence-electron chi connectivity index (χ2n) is 3.93. The number of carbonyl (C=O) groups is 2. The van der Waals surface area contributed by atoms with E-state index in [1.165, 1.54) is 7.11 Å². The summed E-state index contributed by atoms with van der Waals surface area (Å²) < 4.78 is 14.6. The van der Waals surface area contributed by atoms with Gasteiger partial charge < -0.3 is 14.2 Å². The standard InChI is InChI=1S/C11H18O5/c1-3-15-10(13)16-11(6-4-5-7-11)8-9(12)14-2/h3-8H2,1-2H3. The predicted octanol–water partition coefficient (Wildman–Crippen LogP) is 2.04. The summed E-state index contributed by atoms with van der Waals surface area (Å²) in [5, 5.41) is 0. The third-order valence-electron chi connectivity index (χ3n) is 2.77. The molecule has 5 nitrogen and oxygen atoms in total. The van der Waals surface area contributed by atoms with Gasteiger partial charge in [0.25, 0.3) is 0 Å². The van der Waals surface area contributed by atoms with Crippen LogP contribution in [0.15, 0.2) is 0 Å². The zero-order valence-electron chi connectivity index (χ0n) is 9.78. The molecule has 0 radical (unpaired) electrons. The van der Waals surface area contributed by atoms with Crippen molar-refractivity contribution in [3.8, 4) is 0 Å². The summed E-state index contributed by atoms with van der Waals surface area (Å²) in [7, 11) is 1.33. The van der Waals surface area contributed by atoms with E-state index >= 15 is 0 Å². The van der Waals surface area contributed by atoms with Gasteiger partial charge >= 0.3 is 12.1 Å². The van der Waals surface area contributed by atoms with Crippen LogP contribution in [0.25, 0.3) is 0 Å². The molecule has 0 atom stereocenters. The first-order valence-corrected chi connectivity index (χ1v) is 5.54. The summed E-state index contributed by atoms with van der Waals surface area (Å²) in [5.41, 5.74) is -0.709. The van der Waals surface area contributed by atoms with E-state index in [0.29, 0.717) is 12.8 Å². The number of rotatable bonds is 4. The fourth-order valence-corrected chi connectivity index (χ4v) is 1.99. The summed E-state index contributed by atoms with van der Waals surface area (Å²) in [4.78, 5) is 22.5. The van der Waals surface area contributed by atoms with E-state index in [2.05, 4.69) is 4.74 Å². The van der Waals surface area contributed by atoms with Gasteiger partial charge in [-0.1, -0.05) is 0 Å². The van der Waals surface area contributed by atoms with Crippen LogP contribution in [0.5, 0.6) is 0 Å². The molecule has 5 heteroatoms. The van der Waals surface area contributed by atoms with Crippen molar-refractivity contribution < 1.29 is 23.8 Å². The minimum atomic E-state index is -0.709. The fraction of sp³-hybridized carbons (Fsp3) is 0.818. The van der Waals surface area contributed by atoms with Crippen molar-refractivity contribution in [3.63, 3.8) is 0 Å². The Labute approximate surface area is 95.0 Å². The molecule has 0 unspecified atom stereocenters. The molecule has 16 heavy (non-hydrogen) atoms. The van der Waals surface area contributed by atoms with Crippen LogP contribution in [-0.2, 0) is 19.0 Å². The Kier molecular flexibility index (Phi) is 4.58. The van der Waals surface area contributed by atoms with E-state index in [0.717, 1.165) is 12.8 Å². The Balaban J connectivity index is 2.58. The van der Waals surface area contributed by atoms with Crippen molar-refractivity contribution in [3.05, 3.63) is 0 Å². The van der Waals surface area contributed by atoms with Gasteiger partial charge in [0.05, 0.1) is 20.1 Å². The Morgan fingerprint density at radius 3 is 2.38 bits per heavy atom. The highest BCUT2D eigenvalue weighted by molar-refractivity contribution is 5.71. The van der Waals surface area contributed by atoms with E-state index < -0.39 is 11.8 Å². The maximum atomic E-state index is 11.3. The summed E-state index contributed by atoms with van der Waals surface area (Å²) >= 11 is 0. The zero-order valence-corrected chi connectivity index (χ0v) is 9.78. The van der Waals surface area contributed by atoms with Crippen LogP contribution in [0.2, 0.25) is 0 Å². The molecule has 0 aromatic rings. The Hall–Kier alpha value is -1.26. The average Bonchev–Trinajstić information content (AvgIpc) is 2.66. The smallest absolute Gasteiger partial charge is 0.469 e. The molecule has 1 aliphatic rings. The molecule has 0 spiro atoms. The van der Waals surface area contributed by atoms with Gasteiger partial charge in [-0.2, -0.15) is 0 Å². The molecular formula is C11H18O5. The van der Waals surface area contributed by atoms with E-state index in [4.69, 9.17) is 9.47 Å². The van der Waals surface area contributed by atoms with Crippen molar-refractivity contribution in [2.75, 3.05) is 13.7 Å². The molecule has 0 aromatic heterocycles. The second-order valence-corrected chi connectivity index (χ2v) is 3.93. The van der Waals surface area contributed by atoms with Gasteiger partial charge in [0.2, 0.25) is 0 Å². The predicted molar refractivity (Wildman–Crippen MR) is 55.9 cm³/mol. The fourth-order valence-electron chi connectivity index (χ4n) is 1.99. The topological polar surface area (TPSA) is 61.8 Å². The van der Waals surface area contributed by atoms with Gasteiger partial charge in [0.15, 0.2) is 0 Å². The van der Waals surface area contributed by atoms with Gasteiger partial charge in [-0.25, -0.2) is 4.79 Å². The molecular weight excluding hydrogens is 212 g/mol. The Bertz CT molecular complexity index is 255.